The molecule has 0 bridgehead atoms. The highest BCUT2D eigenvalue weighted by atomic mass is 16.2. The molecule has 1 aliphatic heterocycles. The number of carbonyl (C=O) groups excluding carboxylic acids is 3. The standard InChI is InChI=1S/C16H14N4O3/c1-9-7-11(8-12-14(21)18-16(23)19-15(12)22)10(2)20(9)13-5-3-4-6-17-13/h3-8H,1-2H3,(H2,18,19,21,22,23). The minimum absolute atomic E-state index is 0.106. The van der Waals surface area contributed by atoms with Crippen molar-refractivity contribution in [3.63, 3.8) is 0 Å². The van der Waals surface area contributed by atoms with Crippen molar-refractivity contribution in [1.29, 1.82) is 0 Å². The second-order valence-electron chi connectivity index (χ2n) is 5.15. The first kappa shape index (κ1) is 14.7. The van der Waals surface area contributed by atoms with Crippen LogP contribution in [-0.2, 0) is 9.59 Å². The van der Waals surface area contributed by atoms with Gasteiger partial charge in [-0.05, 0) is 43.7 Å². The second-order valence-corrected chi connectivity index (χ2v) is 5.15. The Morgan fingerprint density at radius 1 is 1.09 bits per heavy atom. The van der Waals surface area contributed by atoms with Crippen molar-refractivity contribution in [2.24, 2.45) is 0 Å². The van der Waals surface area contributed by atoms with Crippen LogP contribution in [0, 0.1) is 13.8 Å². The zero-order chi connectivity index (χ0) is 16.6. The van der Waals surface area contributed by atoms with E-state index in [1.165, 1.54) is 6.08 Å². The van der Waals surface area contributed by atoms with Gasteiger partial charge in [0.2, 0.25) is 0 Å². The van der Waals surface area contributed by atoms with E-state index in [0.717, 1.165) is 17.2 Å². The first-order valence-electron chi connectivity index (χ1n) is 6.96. The topological polar surface area (TPSA) is 93.1 Å². The number of urea groups is 1. The van der Waals surface area contributed by atoms with Crippen LogP contribution in [0.1, 0.15) is 17.0 Å². The van der Waals surface area contributed by atoms with E-state index in [1.807, 2.05) is 42.7 Å². The summed E-state index contributed by atoms with van der Waals surface area (Å²) in [5.74, 6) is -0.664. The Hall–Kier alpha value is -3.22. The average Bonchev–Trinajstić information content (AvgIpc) is 2.78. The molecule has 0 atom stereocenters. The number of aromatic nitrogens is 2. The molecule has 1 fully saturated rings. The Morgan fingerprint density at radius 3 is 2.39 bits per heavy atom. The number of barbiturate groups is 1. The van der Waals surface area contributed by atoms with Gasteiger partial charge in [-0.2, -0.15) is 0 Å². The van der Waals surface area contributed by atoms with E-state index in [9.17, 15) is 14.4 Å². The minimum Gasteiger partial charge on any atom is -0.303 e. The van der Waals surface area contributed by atoms with Crippen LogP contribution in [0.25, 0.3) is 11.9 Å². The lowest BCUT2D eigenvalue weighted by Crippen LogP contribution is -2.51. The molecule has 116 valence electrons. The molecule has 2 aromatic rings. The second kappa shape index (κ2) is 5.53. The van der Waals surface area contributed by atoms with E-state index in [0.29, 0.717) is 5.56 Å². The molecule has 0 aromatic carbocycles. The fourth-order valence-corrected chi connectivity index (χ4v) is 2.53. The Morgan fingerprint density at radius 2 is 1.78 bits per heavy atom. The predicted octanol–water partition coefficient (Wildman–Crippen LogP) is 1.24. The lowest BCUT2D eigenvalue weighted by molar-refractivity contribution is -0.123. The van der Waals surface area contributed by atoms with Gasteiger partial charge in [0.15, 0.2) is 0 Å². The van der Waals surface area contributed by atoms with Crippen molar-refractivity contribution in [2.75, 3.05) is 0 Å². The van der Waals surface area contributed by atoms with Gasteiger partial charge in [0.1, 0.15) is 11.4 Å². The molecule has 4 amide bonds. The Kier molecular flexibility index (Phi) is 3.53. The molecular formula is C16H14N4O3. The SMILES string of the molecule is Cc1cc(C=C2C(=O)NC(=O)NC2=O)c(C)n1-c1ccccn1. The van der Waals surface area contributed by atoms with E-state index in [2.05, 4.69) is 15.6 Å². The monoisotopic (exact) mass is 310 g/mol. The van der Waals surface area contributed by atoms with Crippen LogP contribution in [0.15, 0.2) is 36.0 Å². The molecule has 3 heterocycles. The van der Waals surface area contributed by atoms with Crippen LogP contribution in [0.3, 0.4) is 0 Å². The van der Waals surface area contributed by atoms with Crippen molar-refractivity contribution in [3.8, 4) is 5.82 Å². The fourth-order valence-electron chi connectivity index (χ4n) is 2.53. The molecule has 23 heavy (non-hydrogen) atoms. The molecule has 2 N–H and O–H groups in total. The van der Waals surface area contributed by atoms with Gasteiger partial charge in [0.25, 0.3) is 11.8 Å². The molecule has 0 radical (unpaired) electrons. The maximum atomic E-state index is 11.8. The Bertz CT molecular complexity index is 828. The predicted molar refractivity (Wildman–Crippen MR) is 82.7 cm³/mol. The summed E-state index contributed by atoms with van der Waals surface area (Å²) in [5, 5.41) is 4.11. The van der Waals surface area contributed by atoms with Gasteiger partial charge >= 0.3 is 6.03 Å². The number of imide groups is 2. The van der Waals surface area contributed by atoms with Crippen LogP contribution < -0.4 is 10.6 Å². The van der Waals surface area contributed by atoms with Crippen LogP contribution in [0.4, 0.5) is 4.79 Å². The molecule has 0 unspecified atom stereocenters. The van der Waals surface area contributed by atoms with Crippen molar-refractivity contribution >= 4 is 23.9 Å². The number of amides is 4. The van der Waals surface area contributed by atoms with Crippen LogP contribution in [0.5, 0.6) is 0 Å². The van der Waals surface area contributed by atoms with Gasteiger partial charge in [0, 0.05) is 17.6 Å². The van der Waals surface area contributed by atoms with Crippen molar-refractivity contribution in [1.82, 2.24) is 20.2 Å². The molecule has 3 rings (SSSR count). The van der Waals surface area contributed by atoms with Gasteiger partial charge in [-0.15, -0.1) is 0 Å². The lowest BCUT2D eigenvalue weighted by atomic mass is 10.1. The number of nitrogens with one attached hydrogen (secondary N) is 2. The normalized spacial score (nSPS) is 14.5. The van der Waals surface area contributed by atoms with E-state index < -0.39 is 17.8 Å². The highest BCUT2D eigenvalue weighted by Gasteiger charge is 2.28. The highest BCUT2D eigenvalue weighted by molar-refractivity contribution is 6.31. The first-order chi connectivity index (χ1) is 11.0. The summed E-state index contributed by atoms with van der Waals surface area (Å²) in [6, 6.07) is 6.63. The summed E-state index contributed by atoms with van der Waals surface area (Å²) in [5.41, 5.74) is 2.36. The third kappa shape index (κ3) is 2.64. The summed E-state index contributed by atoms with van der Waals surface area (Å²) in [7, 11) is 0. The number of rotatable bonds is 2. The van der Waals surface area contributed by atoms with Gasteiger partial charge < -0.3 is 4.57 Å². The van der Waals surface area contributed by atoms with Crippen LogP contribution >= 0.6 is 0 Å². The maximum absolute atomic E-state index is 11.8. The van der Waals surface area contributed by atoms with E-state index in [-0.39, 0.29) is 5.57 Å². The van der Waals surface area contributed by atoms with Crippen molar-refractivity contribution in [3.05, 3.63) is 53.0 Å². The van der Waals surface area contributed by atoms with Gasteiger partial charge in [-0.25, -0.2) is 9.78 Å². The third-order valence-electron chi connectivity index (χ3n) is 3.59. The summed E-state index contributed by atoms with van der Waals surface area (Å²) < 4.78 is 1.93. The summed E-state index contributed by atoms with van der Waals surface area (Å²) in [6.45, 7) is 3.78. The molecule has 0 saturated carbocycles. The van der Waals surface area contributed by atoms with Crippen molar-refractivity contribution < 1.29 is 14.4 Å². The number of nitrogens with zero attached hydrogens (tertiary/aromatic N) is 2. The van der Waals surface area contributed by atoms with Gasteiger partial charge in [-0.1, -0.05) is 6.07 Å². The number of hydrogen-bond acceptors (Lipinski definition) is 4. The molecule has 2 aromatic heterocycles. The number of aryl methyl sites for hydroxylation is 1. The first-order valence-corrected chi connectivity index (χ1v) is 6.96. The average molecular weight is 310 g/mol. The number of carbonyl (C=O) groups is 3. The Labute approximate surface area is 132 Å². The third-order valence-corrected chi connectivity index (χ3v) is 3.59. The van der Waals surface area contributed by atoms with E-state index in [1.54, 1.807) is 6.20 Å². The maximum Gasteiger partial charge on any atom is 0.328 e. The number of hydrogen-bond donors (Lipinski definition) is 2. The van der Waals surface area contributed by atoms with Gasteiger partial charge in [-0.3, -0.25) is 20.2 Å². The lowest BCUT2D eigenvalue weighted by Gasteiger charge is -2.14. The van der Waals surface area contributed by atoms with Gasteiger partial charge in [0.05, 0.1) is 0 Å². The quantitative estimate of drug-likeness (QED) is 0.644. The smallest absolute Gasteiger partial charge is 0.303 e. The highest BCUT2D eigenvalue weighted by Crippen LogP contribution is 2.22. The van der Waals surface area contributed by atoms with Crippen molar-refractivity contribution in [2.45, 2.75) is 13.8 Å². The molecule has 0 spiro atoms. The number of pyridine rings is 1. The minimum atomic E-state index is -0.809. The molecule has 1 saturated heterocycles. The van der Waals surface area contributed by atoms with E-state index in [4.69, 9.17) is 0 Å². The fraction of sp³-hybridized carbons (Fsp3) is 0.125. The summed E-state index contributed by atoms with van der Waals surface area (Å²) in [4.78, 5) is 39.0. The molecule has 1 aliphatic rings. The molecular weight excluding hydrogens is 296 g/mol. The zero-order valence-electron chi connectivity index (χ0n) is 12.6. The van der Waals surface area contributed by atoms with Crippen LogP contribution in [-0.4, -0.2) is 27.4 Å². The molecule has 7 nitrogen and oxygen atoms in total. The molecule has 0 aliphatic carbocycles. The molecule has 7 heteroatoms. The summed E-state index contributed by atoms with van der Waals surface area (Å²) >= 11 is 0. The largest absolute Gasteiger partial charge is 0.328 e. The van der Waals surface area contributed by atoms with E-state index >= 15 is 0 Å². The Balaban J connectivity index is 2.06. The van der Waals surface area contributed by atoms with Crippen LogP contribution in [0.2, 0.25) is 0 Å². The zero-order valence-corrected chi connectivity index (χ0v) is 12.6. The summed E-state index contributed by atoms with van der Waals surface area (Å²) in [6.07, 6.45) is 3.17.